The third-order valence-corrected chi connectivity index (χ3v) is 4.21. The lowest BCUT2D eigenvalue weighted by atomic mass is 10.1. The molecule has 3 rings (SSSR count). The molecule has 3 aromatic carbocycles. The maximum Gasteiger partial charge on any atom is 0.268 e. The molecule has 0 aromatic heterocycles. The fraction of sp³-hybridized carbons (Fsp3) is 0.0833. The Morgan fingerprint density at radius 3 is 2.07 bits per heavy atom. The van der Waals surface area contributed by atoms with Crippen LogP contribution in [0, 0.1) is 6.92 Å². The van der Waals surface area contributed by atoms with E-state index in [2.05, 4.69) is 10.6 Å². The van der Waals surface area contributed by atoms with Crippen LogP contribution >= 0.6 is 0 Å². The van der Waals surface area contributed by atoms with E-state index in [0.29, 0.717) is 12.1 Å². The number of hydrogen-bond acceptors (Lipinski definition) is 2. The molecule has 0 radical (unpaired) electrons. The van der Waals surface area contributed by atoms with Crippen molar-refractivity contribution >= 4 is 17.9 Å². The monoisotopic (exact) mass is 370 g/mol. The van der Waals surface area contributed by atoms with E-state index < -0.39 is 0 Å². The number of nitrogens with one attached hydrogen (secondary N) is 2. The number of hydrogen-bond donors (Lipinski definition) is 2. The second kappa shape index (κ2) is 9.33. The minimum Gasteiger partial charge on any atom is -0.347 e. The van der Waals surface area contributed by atoms with Crippen molar-refractivity contribution in [2.24, 2.45) is 0 Å². The van der Waals surface area contributed by atoms with Gasteiger partial charge in [-0.1, -0.05) is 78.4 Å². The number of carbonyl (C=O) groups is 2. The van der Waals surface area contributed by atoms with Crippen molar-refractivity contribution in [1.82, 2.24) is 10.6 Å². The first-order valence-electron chi connectivity index (χ1n) is 9.09. The van der Waals surface area contributed by atoms with E-state index in [-0.39, 0.29) is 17.5 Å². The molecule has 0 saturated heterocycles. The Morgan fingerprint density at radius 2 is 1.43 bits per heavy atom. The van der Waals surface area contributed by atoms with Gasteiger partial charge in [0, 0.05) is 12.1 Å². The van der Waals surface area contributed by atoms with E-state index in [1.165, 1.54) is 0 Å². The second-order valence-electron chi connectivity index (χ2n) is 6.46. The summed E-state index contributed by atoms with van der Waals surface area (Å²) in [5.41, 5.74) is 3.58. The lowest BCUT2D eigenvalue weighted by Crippen LogP contribution is -2.34. The summed E-state index contributed by atoms with van der Waals surface area (Å²) in [6.07, 6.45) is 1.67. The van der Waals surface area contributed by atoms with Gasteiger partial charge in [0.05, 0.1) is 0 Å². The smallest absolute Gasteiger partial charge is 0.268 e. The highest BCUT2D eigenvalue weighted by Crippen LogP contribution is 2.08. The number of aryl methyl sites for hydroxylation is 1. The predicted octanol–water partition coefficient (Wildman–Crippen LogP) is 4.08. The Balaban J connectivity index is 1.78. The fourth-order valence-electron chi connectivity index (χ4n) is 2.65. The van der Waals surface area contributed by atoms with Crippen LogP contribution in [0.15, 0.2) is 90.6 Å². The minimum absolute atomic E-state index is 0.202. The summed E-state index contributed by atoms with van der Waals surface area (Å²) in [4.78, 5) is 25.4. The Bertz CT molecular complexity index is 963. The highest BCUT2D eigenvalue weighted by molar-refractivity contribution is 6.05. The molecule has 140 valence electrons. The van der Waals surface area contributed by atoms with Gasteiger partial charge in [0.1, 0.15) is 5.70 Å². The van der Waals surface area contributed by atoms with Gasteiger partial charge in [-0.15, -0.1) is 0 Å². The number of rotatable bonds is 6. The lowest BCUT2D eigenvalue weighted by molar-refractivity contribution is -0.117. The van der Waals surface area contributed by atoms with Gasteiger partial charge in [0.15, 0.2) is 0 Å². The standard InChI is InChI=1S/C24H22N2O2/c1-18-12-14-21(15-13-18)23(27)26-22(16-19-8-4-2-5-9-19)24(28)25-17-20-10-6-3-7-11-20/h2-16H,17H2,1H3,(H,25,28)(H,26,27)/b22-16-. The van der Waals surface area contributed by atoms with Gasteiger partial charge in [-0.3, -0.25) is 9.59 Å². The molecule has 0 saturated carbocycles. The molecular formula is C24H22N2O2. The normalized spacial score (nSPS) is 11.0. The van der Waals surface area contributed by atoms with Crippen LogP contribution in [0.5, 0.6) is 0 Å². The summed E-state index contributed by atoms with van der Waals surface area (Å²) in [6, 6.07) is 26.3. The molecule has 0 aliphatic carbocycles. The van der Waals surface area contributed by atoms with Gasteiger partial charge in [0.25, 0.3) is 11.8 Å². The summed E-state index contributed by atoms with van der Waals surface area (Å²) >= 11 is 0. The van der Waals surface area contributed by atoms with E-state index in [4.69, 9.17) is 0 Å². The molecule has 2 amide bonds. The molecule has 0 fully saturated rings. The van der Waals surface area contributed by atoms with Gasteiger partial charge in [-0.2, -0.15) is 0 Å². The van der Waals surface area contributed by atoms with Crippen LogP contribution in [0.2, 0.25) is 0 Å². The molecule has 0 heterocycles. The Morgan fingerprint density at radius 1 is 0.821 bits per heavy atom. The molecule has 0 spiro atoms. The molecule has 4 nitrogen and oxygen atoms in total. The molecule has 2 N–H and O–H groups in total. The molecule has 4 heteroatoms. The number of amides is 2. The maximum atomic E-state index is 12.7. The lowest BCUT2D eigenvalue weighted by Gasteiger charge is -2.11. The van der Waals surface area contributed by atoms with Gasteiger partial charge in [-0.25, -0.2) is 0 Å². The van der Waals surface area contributed by atoms with Crippen molar-refractivity contribution < 1.29 is 9.59 Å². The number of carbonyl (C=O) groups excluding carboxylic acids is 2. The van der Waals surface area contributed by atoms with Crippen molar-refractivity contribution in [3.8, 4) is 0 Å². The van der Waals surface area contributed by atoms with Crippen molar-refractivity contribution in [2.75, 3.05) is 0 Å². The van der Waals surface area contributed by atoms with Crippen LogP contribution in [0.4, 0.5) is 0 Å². The average Bonchev–Trinajstić information content (AvgIpc) is 2.73. The van der Waals surface area contributed by atoms with Crippen LogP contribution < -0.4 is 10.6 Å². The molecule has 0 atom stereocenters. The van der Waals surface area contributed by atoms with Crippen molar-refractivity contribution in [2.45, 2.75) is 13.5 Å². The highest BCUT2D eigenvalue weighted by Gasteiger charge is 2.14. The van der Waals surface area contributed by atoms with E-state index in [0.717, 1.165) is 16.7 Å². The molecule has 0 aliphatic heterocycles. The van der Waals surface area contributed by atoms with E-state index >= 15 is 0 Å². The second-order valence-corrected chi connectivity index (χ2v) is 6.46. The zero-order valence-corrected chi connectivity index (χ0v) is 15.7. The molecule has 0 unspecified atom stereocenters. The van der Waals surface area contributed by atoms with Gasteiger partial charge in [-0.05, 0) is 36.3 Å². The van der Waals surface area contributed by atoms with Crippen molar-refractivity contribution in [3.05, 3.63) is 113 Å². The molecular weight excluding hydrogens is 348 g/mol. The predicted molar refractivity (Wildman–Crippen MR) is 111 cm³/mol. The molecule has 28 heavy (non-hydrogen) atoms. The van der Waals surface area contributed by atoms with Crippen LogP contribution in [0.1, 0.15) is 27.0 Å². The van der Waals surface area contributed by atoms with Gasteiger partial charge < -0.3 is 10.6 Å². The Hall–Kier alpha value is -3.66. The summed E-state index contributed by atoms with van der Waals surface area (Å²) in [5.74, 6) is -0.662. The SMILES string of the molecule is Cc1ccc(C(=O)N/C(=C\c2ccccc2)C(=O)NCc2ccccc2)cc1. The zero-order chi connectivity index (χ0) is 19.8. The number of benzene rings is 3. The van der Waals surface area contributed by atoms with Crippen LogP contribution in [-0.2, 0) is 11.3 Å². The Labute approximate surface area is 164 Å². The van der Waals surface area contributed by atoms with Crippen LogP contribution in [0.25, 0.3) is 6.08 Å². The van der Waals surface area contributed by atoms with Gasteiger partial charge >= 0.3 is 0 Å². The van der Waals surface area contributed by atoms with Gasteiger partial charge in [0.2, 0.25) is 0 Å². The van der Waals surface area contributed by atoms with E-state index in [9.17, 15) is 9.59 Å². The summed E-state index contributed by atoms with van der Waals surface area (Å²) in [7, 11) is 0. The van der Waals surface area contributed by atoms with Crippen LogP contribution in [-0.4, -0.2) is 11.8 Å². The Kier molecular flexibility index (Phi) is 6.37. The first-order valence-corrected chi connectivity index (χ1v) is 9.09. The zero-order valence-electron chi connectivity index (χ0n) is 15.7. The third-order valence-electron chi connectivity index (χ3n) is 4.21. The molecule has 3 aromatic rings. The summed E-state index contributed by atoms with van der Waals surface area (Å²) in [5, 5.41) is 5.61. The minimum atomic E-state index is -0.340. The van der Waals surface area contributed by atoms with Crippen LogP contribution in [0.3, 0.4) is 0 Å². The first-order chi connectivity index (χ1) is 13.6. The van der Waals surface area contributed by atoms with Crippen molar-refractivity contribution in [3.63, 3.8) is 0 Å². The van der Waals surface area contributed by atoms with E-state index in [1.807, 2.05) is 79.7 Å². The topological polar surface area (TPSA) is 58.2 Å². The van der Waals surface area contributed by atoms with Crippen molar-refractivity contribution in [1.29, 1.82) is 0 Å². The quantitative estimate of drug-likeness (QED) is 0.642. The first kappa shape index (κ1) is 19.1. The largest absolute Gasteiger partial charge is 0.347 e. The molecule has 0 bridgehead atoms. The summed E-state index contributed by atoms with van der Waals surface area (Å²) < 4.78 is 0. The highest BCUT2D eigenvalue weighted by atomic mass is 16.2. The summed E-state index contributed by atoms with van der Waals surface area (Å²) in [6.45, 7) is 2.34. The molecule has 0 aliphatic rings. The fourth-order valence-corrected chi connectivity index (χ4v) is 2.65. The van der Waals surface area contributed by atoms with E-state index in [1.54, 1.807) is 18.2 Å². The average molecular weight is 370 g/mol. The third kappa shape index (κ3) is 5.42. The maximum absolute atomic E-state index is 12.7.